The number of anilines is 1. The van der Waals surface area contributed by atoms with Crippen LogP contribution in [0.4, 0.5) is 5.69 Å². The molecule has 1 aromatic carbocycles. The Kier molecular flexibility index (Phi) is 2.77. The van der Waals surface area contributed by atoms with Crippen molar-refractivity contribution >= 4 is 22.5 Å². The summed E-state index contributed by atoms with van der Waals surface area (Å²) >= 11 is 0. The number of amides is 1. The van der Waals surface area contributed by atoms with Crippen molar-refractivity contribution in [2.75, 3.05) is 5.73 Å². The second-order valence-corrected chi connectivity index (χ2v) is 5.67. The van der Waals surface area contributed by atoms with E-state index in [2.05, 4.69) is 10.2 Å². The summed E-state index contributed by atoms with van der Waals surface area (Å²) in [4.78, 5) is 24.8. The third kappa shape index (κ3) is 1.79. The summed E-state index contributed by atoms with van der Waals surface area (Å²) in [7, 11) is 0. The molecule has 0 aliphatic carbocycles. The Morgan fingerprint density at radius 3 is 2.96 bits per heavy atom. The summed E-state index contributed by atoms with van der Waals surface area (Å²) in [5.41, 5.74) is 14.4. The summed E-state index contributed by atoms with van der Waals surface area (Å²) in [5.74, 6) is -0.603. The van der Waals surface area contributed by atoms with Crippen LogP contribution in [0.15, 0.2) is 29.2 Å². The van der Waals surface area contributed by atoms with Gasteiger partial charge in [0.25, 0.3) is 11.5 Å². The number of hydrogen-bond donors (Lipinski definition) is 3. The van der Waals surface area contributed by atoms with Gasteiger partial charge < -0.3 is 16.0 Å². The van der Waals surface area contributed by atoms with Crippen molar-refractivity contribution in [3.05, 3.63) is 46.0 Å². The van der Waals surface area contributed by atoms with E-state index in [4.69, 9.17) is 11.5 Å². The van der Waals surface area contributed by atoms with Gasteiger partial charge >= 0.3 is 0 Å². The van der Waals surface area contributed by atoms with Gasteiger partial charge in [-0.1, -0.05) is 12.1 Å². The van der Waals surface area contributed by atoms with Crippen LogP contribution in [0.5, 0.6) is 0 Å². The lowest BCUT2D eigenvalue weighted by molar-refractivity contribution is 0.0999. The summed E-state index contributed by atoms with van der Waals surface area (Å²) < 4.78 is 1.62. The molecule has 0 fully saturated rings. The number of benzene rings is 1. The smallest absolute Gasteiger partial charge is 0.260 e. The van der Waals surface area contributed by atoms with Crippen molar-refractivity contribution in [3.63, 3.8) is 0 Å². The van der Waals surface area contributed by atoms with Gasteiger partial charge in [-0.3, -0.25) is 14.7 Å². The van der Waals surface area contributed by atoms with Crippen LogP contribution in [0.1, 0.15) is 22.5 Å². The molecule has 1 amide bonds. The second-order valence-electron chi connectivity index (χ2n) is 5.67. The molecule has 0 saturated heterocycles. The van der Waals surface area contributed by atoms with Gasteiger partial charge in [0.2, 0.25) is 0 Å². The second kappa shape index (κ2) is 4.70. The van der Waals surface area contributed by atoms with Crippen LogP contribution in [0.3, 0.4) is 0 Å². The summed E-state index contributed by atoms with van der Waals surface area (Å²) in [6.45, 7) is 0.573. The van der Waals surface area contributed by atoms with Gasteiger partial charge in [0.15, 0.2) is 0 Å². The highest BCUT2D eigenvalue weighted by atomic mass is 16.1. The quantitative estimate of drug-likeness (QED) is 0.654. The number of fused-ring (bicyclic) bond motifs is 2. The zero-order valence-corrected chi connectivity index (χ0v) is 12.3. The number of pyridine rings is 1. The topological polar surface area (TPSA) is 120 Å². The average molecular weight is 309 g/mol. The molecule has 7 nitrogen and oxygen atoms in total. The molecule has 1 aliphatic heterocycles. The fourth-order valence-electron chi connectivity index (χ4n) is 3.41. The number of aromatic amines is 1. The maximum atomic E-state index is 12.9. The first-order valence-electron chi connectivity index (χ1n) is 7.37. The van der Waals surface area contributed by atoms with Crippen LogP contribution in [-0.4, -0.2) is 20.7 Å². The average Bonchev–Trinajstić information content (AvgIpc) is 3.15. The van der Waals surface area contributed by atoms with Crippen molar-refractivity contribution < 1.29 is 4.79 Å². The third-order valence-corrected chi connectivity index (χ3v) is 4.41. The Morgan fingerprint density at radius 1 is 1.35 bits per heavy atom. The van der Waals surface area contributed by atoms with Crippen LogP contribution in [-0.2, 0) is 13.0 Å². The Hall–Kier alpha value is -3.09. The maximum absolute atomic E-state index is 12.9. The van der Waals surface area contributed by atoms with E-state index >= 15 is 0 Å². The van der Waals surface area contributed by atoms with Crippen LogP contribution in [0.25, 0.3) is 22.0 Å². The Bertz CT molecular complexity index is 1020. The molecule has 3 aromatic rings. The molecule has 0 radical (unpaired) electrons. The molecule has 0 saturated carbocycles. The van der Waals surface area contributed by atoms with Gasteiger partial charge in [-0.05, 0) is 18.9 Å². The first-order valence-corrected chi connectivity index (χ1v) is 7.37. The summed E-state index contributed by atoms with van der Waals surface area (Å²) in [6, 6.07) is 5.48. The Morgan fingerprint density at radius 2 is 2.17 bits per heavy atom. The standard InChI is InChI=1S/C16H15N5O2/c17-14-12(8-3-1-4-10-9(8)7-19-20-10)16(23)21-6-2-5-11(21)13(14)15(18)22/h1,3-4,7H,2,5-6,17H2,(H2,18,22)(H,19,20). The van der Waals surface area contributed by atoms with Crippen molar-refractivity contribution in [1.29, 1.82) is 0 Å². The van der Waals surface area contributed by atoms with E-state index in [0.29, 0.717) is 29.8 Å². The number of carbonyl (C=O) groups is 1. The van der Waals surface area contributed by atoms with Crippen LogP contribution < -0.4 is 17.0 Å². The van der Waals surface area contributed by atoms with Gasteiger partial charge in [0.1, 0.15) is 0 Å². The predicted molar refractivity (Wildman–Crippen MR) is 87.0 cm³/mol. The molecule has 116 valence electrons. The van der Waals surface area contributed by atoms with Gasteiger partial charge in [0, 0.05) is 23.2 Å². The maximum Gasteiger partial charge on any atom is 0.260 e. The molecule has 0 atom stereocenters. The third-order valence-electron chi connectivity index (χ3n) is 4.41. The van der Waals surface area contributed by atoms with E-state index in [1.54, 1.807) is 16.8 Å². The van der Waals surface area contributed by atoms with Gasteiger partial charge in [-0.2, -0.15) is 5.10 Å². The monoisotopic (exact) mass is 309 g/mol. The fraction of sp³-hybridized carbons (Fsp3) is 0.188. The van der Waals surface area contributed by atoms with Crippen molar-refractivity contribution in [1.82, 2.24) is 14.8 Å². The molecule has 0 bridgehead atoms. The largest absolute Gasteiger partial charge is 0.397 e. The van der Waals surface area contributed by atoms with E-state index in [0.717, 1.165) is 17.3 Å². The molecule has 7 heteroatoms. The lowest BCUT2D eigenvalue weighted by Gasteiger charge is -2.15. The number of nitrogens with two attached hydrogens (primary N) is 2. The number of rotatable bonds is 2. The van der Waals surface area contributed by atoms with Crippen LogP contribution in [0, 0.1) is 0 Å². The minimum absolute atomic E-state index is 0.157. The molecule has 23 heavy (non-hydrogen) atoms. The number of nitrogens with zero attached hydrogens (tertiary/aromatic N) is 2. The SMILES string of the molecule is NC(=O)c1c(N)c(-c2cccc3[nH]ncc23)c(=O)n2c1CCC2. The van der Waals surface area contributed by atoms with E-state index in [-0.39, 0.29) is 16.8 Å². The van der Waals surface area contributed by atoms with E-state index in [9.17, 15) is 9.59 Å². The number of carbonyl (C=O) groups excluding carboxylic acids is 1. The highest BCUT2D eigenvalue weighted by Crippen LogP contribution is 2.33. The zero-order chi connectivity index (χ0) is 16.1. The minimum atomic E-state index is -0.603. The first kappa shape index (κ1) is 13.6. The fourth-order valence-corrected chi connectivity index (χ4v) is 3.41. The molecular formula is C16H15N5O2. The minimum Gasteiger partial charge on any atom is -0.397 e. The zero-order valence-electron chi connectivity index (χ0n) is 12.3. The Labute approximate surface area is 130 Å². The lowest BCUT2D eigenvalue weighted by Crippen LogP contribution is -2.28. The number of nitrogens with one attached hydrogen (secondary N) is 1. The van der Waals surface area contributed by atoms with Crippen molar-refractivity contribution in [2.24, 2.45) is 5.73 Å². The highest BCUT2D eigenvalue weighted by molar-refractivity contribution is 6.05. The van der Waals surface area contributed by atoms with Crippen LogP contribution in [0.2, 0.25) is 0 Å². The molecule has 1 aliphatic rings. The molecule has 4 rings (SSSR count). The van der Waals surface area contributed by atoms with E-state index in [1.165, 1.54) is 0 Å². The summed E-state index contributed by atoms with van der Waals surface area (Å²) in [5, 5.41) is 7.66. The van der Waals surface area contributed by atoms with Crippen molar-refractivity contribution in [3.8, 4) is 11.1 Å². The van der Waals surface area contributed by atoms with Gasteiger partial charge in [-0.15, -0.1) is 0 Å². The van der Waals surface area contributed by atoms with Gasteiger partial charge in [-0.25, -0.2) is 0 Å². The number of nitrogen functional groups attached to an aromatic ring is 1. The number of H-pyrrole nitrogens is 1. The number of hydrogen-bond acceptors (Lipinski definition) is 4. The van der Waals surface area contributed by atoms with E-state index in [1.807, 2.05) is 12.1 Å². The normalized spacial score (nSPS) is 13.4. The molecular weight excluding hydrogens is 294 g/mol. The van der Waals surface area contributed by atoms with Gasteiger partial charge in [0.05, 0.1) is 28.5 Å². The van der Waals surface area contributed by atoms with Crippen LogP contribution >= 0.6 is 0 Å². The lowest BCUT2D eigenvalue weighted by atomic mass is 9.97. The molecule has 0 unspecified atom stereocenters. The molecule has 2 aromatic heterocycles. The predicted octanol–water partition coefficient (Wildman–Crippen LogP) is 1.02. The first-order chi connectivity index (χ1) is 11.1. The Balaban J connectivity index is 2.15. The van der Waals surface area contributed by atoms with E-state index < -0.39 is 5.91 Å². The number of primary amides is 1. The highest BCUT2D eigenvalue weighted by Gasteiger charge is 2.27. The molecule has 3 heterocycles. The summed E-state index contributed by atoms with van der Waals surface area (Å²) in [6.07, 6.45) is 3.08. The molecule has 0 spiro atoms. The number of aromatic nitrogens is 3. The molecule has 5 N–H and O–H groups in total. The van der Waals surface area contributed by atoms with Crippen molar-refractivity contribution in [2.45, 2.75) is 19.4 Å².